The predicted octanol–water partition coefficient (Wildman–Crippen LogP) is 3.57. The number of fused-ring (bicyclic) bond motifs is 1. The third-order valence-corrected chi connectivity index (χ3v) is 4.50. The molecule has 1 fully saturated rings. The second-order valence-corrected chi connectivity index (χ2v) is 5.62. The number of hydrogen-bond acceptors (Lipinski definition) is 1. The molecule has 0 atom stereocenters. The van der Waals surface area contributed by atoms with Crippen molar-refractivity contribution in [3.05, 3.63) is 36.0 Å². The van der Waals surface area contributed by atoms with Gasteiger partial charge in [-0.1, -0.05) is 12.1 Å². The van der Waals surface area contributed by atoms with Crippen LogP contribution in [0, 0.1) is 0 Å². The Balaban J connectivity index is 1.97. The van der Waals surface area contributed by atoms with E-state index in [1.165, 1.54) is 0 Å². The first-order chi connectivity index (χ1) is 9.05. The number of halogens is 2. The second-order valence-electron chi connectivity index (χ2n) is 5.62. The lowest BCUT2D eigenvalue weighted by Crippen LogP contribution is -2.42. The molecule has 2 nitrogen and oxygen atoms in total. The van der Waals surface area contributed by atoms with Crippen LogP contribution in [0.25, 0.3) is 10.9 Å². The molecule has 0 spiro atoms. The zero-order valence-corrected chi connectivity index (χ0v) is 10.8. The minimum atomic E-state index is -2.52. The van der Waals surface area contributed by atoms with Gasteiger partial charge in [0.15, 0.2) is 0 Å². The van der Waals surface area contributed by atoms with Gasteiger partial charge in [0.25, 0.3) is 0 Å². The molecule has 1 aliphatic rings. The highest BCUT2D eigenvalue weighted by atomic mass is 19.3. The van der Waals surface area contributed by atoms with Gasteiger partial charge < -0.3 is 10.7 Å². The van der Waals surface area contributed by atoms with Crippen molar-refractivity contribution in [1.29, 1.82) is 0 Å². The minimum Gasteiger partial charge on any atom is -0.361 e. The van der Waals surface area contributed by atoms with E-state index in [0.717, 1.165) is 16.5 Å². The summed E-state index contributed by atoms with van der Waals surface area (Å²) >= 11 is 0. The van der Waals surface area contributed by atoms with Crippen molar-refractivity contribution in [3.8, 4) is 0 Å². The standard InChI is InChI=1S/C15H18F2N2/c16-15(17)6-4-14(10-18,5-7-15)12-2-1-11-3-8-19-13(11)9-12/h1-3,8-9,19H,4-7,10,18H2. The maximum absolute atomic E-state index is 13.4. The van der Waals surface area contributed by atoms with Gasteiger partial charge in [-0.3, -0.25) is 0 Å². The van der Waals surface area contributed by atoms with E-state index < -0.39 is 5.92 Å². The first-order valence-corrected chi connectivity index (χ1v) is 6.70. The lowest BCUT2D eigenvalue weighted by molar-refractivity contribution is -0.0509. The maximum Gasteiger partial charge on any atom is 0.248 e. The van der Waals surface area contributed by atoms with Gasteiger partial charge in [0.2, 0.25) is 5.92 Å². The van der Waals surface area contributed by atoms with E-state index in [2.05, 4.69) is 11.1 Å². The van der Waals surface area contributed by atoms with E-state index in [-0.39, 0.29) is 18.3 Å². The van der Waals surface area contributed by atoms with Crippen molar-refractivity contribution >= 4 is 10.9 Å². The molecule has 0 amide bonds. The van der Waals surface area contributed by atoms with E-state index in [1.54, 1.807) is 0 Å². The lowest BCUT2D eigenvalue weighted by Gasteiger charge is -2.39. The van der Waals surface area contributed by atoms with Gasteiger partial charge in [0, 0.05) is 36.5 Å². The van der Waals surface area contributed by atoms with Crippen LogP contribution in [0.5, 0.6) is 0 Å². The van der Waals surface area contributed by atoms with Crippen molar-refractivity contribution in [2.45, 2.75) is 37.0 Å². The van der Waals surface area contributed by atoms with Crippen LogP contribution in [0.15, 0.2) is 30.5 Å². The van der Waals surface area contributed by atoms with Crippen molar-refractivity contribution < 1.29 is 8.78 Å². The summed E-state index contributed by atoms with van der Waals surface area (Å²) < 4.78 is 26.7. The molecular formula is C15H18F2N2. The molecule has 3 N–H and O–H groups in total. The largest absolute Gasteiger partial charge is 0.361 e. The summed E-state index contributed by atoms with van der Waals surface area (Å²) in [6.07, 6.45) is 2.68. The summed E-state index contributed by atoms with van der Waals surface area (Å²) in [5.74, 6) is -2.52. The molecule has 0 saturated heterocycles. The normalized spacial score (nSPS) is 21.6. The number of nitrogens with two attached hydrogens (primary N) is 1. The Bertz CT molecular complexity index is 579. The van der Waals surface area contributed by atoms with Crippen LogP contribution in [0.3, 0.4) is 0 Å². The van der Waals surface area contributed by atoms with Gasteiger partial charge in [-0.25, -0.2) is 8.78 Å². The van der Waals surface area contributed by atoms with Gasteiger partial charge in [0.1, 0.15) is 0 Å². The zero-order valence-electron chi connectivity index (χ0n) is 10.8. The molecule has 0 unspecified atom stereocenters. The first kappa shape index (κ1) is 12.6. The highest BCUT2D eigenvalue weighted by molar-refractivity contribution is 5.80. The highest BCUT2D eigenvalue weighted by Crippen LogP contribution is 2.45. The fraction of sp³-hybridized carbons (Fsp3) is 0.467. The molecule has 1 saturated carbocycles. The maximum atomic E-state index is 13.4. The van der Waals surface area contributed by atoms with E-state index >= 15 is 0 Å². The number of alkyl halides is 2. The average Bonchev–Trinajstić information content (AvgIpc) is 2.87. The van der Waals surface area contributed by atoms with Gasteiger partial charge >= 0.3 is 0 Å². The quantitative estimate of drug-likeness (QED) is 0.855. The number of nitrogens with one attached hydrogen (secondary N) is 1. The molecule has 19 heavy (non-hydrogen) atoms. The molecular weight excluding hydrogens is 246 g/mol. The summed E-state index contributed by atoms with van der Waals surface area (Å²) in [4.78, 5) is 3.17. The zero-order chi connectivity index (χ0) is 13.5. The average molecular weight is 264 g/mol. The fourth-order valence-corrected chi connectivity index (χ4v) is 3.08. The molecule has 1 aromatic heterocycles. The van der Waals surface area contributed by atoms with Crippen LogP contribution in [0.4, 0.5) is 8.78 Å². The number of rotatable bonds is 2. The molecule has 0 bridgehead atoms. The summed E-state index contributed by atoms with van der Waals surface area (Å²) in [5.41, 5.74) is 7.76. The van der Waals surface area contributed by atoms with Crippen LogP contribution in [0.2, 0.25) is 0 Å². The molecule has 0 radical (unpaired) electrons. The molecule has 2 aromatic rings. The third-order valence-electron chi connectivity index (χ3n) is 4.50. The van der Waals surface area contributed by atoms with E-state index in [9.17, 15) is 8.78 Å². The molecule has 0 aliphatic heterocycles. The number of hydrogen-bond donors (Lipinski definition) is 2. The van der Waals surface area contributed by atoms with Crippen molar-refractivity contribution in [2.75, 3.05) is 6.54 Å². The second kappa shape index (κ2) is 4.30. The Morgan fingerprint density at radius 1 is 1.11 bits per heavy atom. The third kappa shape index (κ3) is 2.14. The molecule has 102 valence electrons. The molecule has 4 heteroatoms. The van der Waals surface area contributed by atoms with E-state index in [0.29, 0.717) is 19.4 Å². The SMILES string of the molecule is NCC1(c2ccc3cc[nH]c3c2)CCC(F)(F)CC1. The van der Waals surface area contributed by atoms with Crippen LogP contribution in [0.1, 0.15) is 31.2 Å². The van der Waals surface area contributed by atoms with Gasteiger partial charge in [-0.2, -0.15) is 0 Å². The smallest absolute Gasteiger partial charge is 0.248 e. The van der Waals surface area contributed by atoms with E-state index in [4.69, 9.17) is 5.73 Å². The van der Waals surface area contributed by atoms with Crippen LogP contribution in [-0.2, 0) is 5.41 Å². The summed E-state index contributed by atoms with van der Waals surface area (Å²) in [6, 6.07) is 8.13. The fourth-order valence-electron chi connectivity index (χ4n) is 3.08. The first-order valence-electron chi connectivity index (χ1n) is 6.70. The Morgan fingerprint density at radius 2 is 1.84 bits per heavy atom. The highest BCUT2D eigenvalue weighted by Gasteiger charge is 2.43. The summed E-state index contributed by atoms with van der Waals surface area (Å²) in [7, 11) is 0. The Morgan fingerprint density at radius 3 is 2.53 bits per heavy atom. The van der Waals surface area contributed by atoms with Gasteiger partial charge in [-0.15, -0.1) is 0 Å². The number of aromatic amines is 1. The van der Waals surface area contributed by atoms with Crippen LogP contribution < -0.4 is 5.73 Å². The molecule has 1 heterocycles. The number of aromatic nitrogens is 1. The summed E-state index contributed by atoms with van der Waals surface area (Å²) in [6.45, 7) is 0.426. The number of H-pyrrole nitrogens is 1. The summed E-state index contributed by atoms with van der Waals surface area (Å²) in [5, 5.41) is 1.14. The Kier molecular flexibility index (Phi) is 2.86. The van der Waals surface area contributed by atoms with E-state index in [1.807, 2.05) is 24.4 Å². The van der Waals surface area contributed by atoms with Gasteiger partial charge in [0.05, 0.1) is 0 Å². The van der Waals surface area contributed by atoms with Crippen molar-refractivity contribution in [1.82, 2.24) is 4.98 Å². The lowest BCUT2D eigenvalue weighted by atomic mass is 9.68. The molecule has 1 aromatic carbocycles. The Labute approximate surface area is 111 Å². The predicted molar refractivity (Wildman–Crippen MR) is 72.4 cm³/mol. The molecule has 1 aliphatic carbocycles. The molecule has 3 rings (SSSR count). The topological polar surface area (TPSA) is 41.8 Å². The number of benzene rings is 1. The van der Waals surface area contributed by atoms with Crippen molar-refractivity contribution in [3.63, 3.8) is 0 Å². The van der Waals surface area contributed by atoms with Crippen molar-refractivity contribution in [2.24, 2.45) is 5.73 Å². The monoisotopic (exact) mass is 264 g/mol. The Hall–Kier alpha value is -1.42. The van der Waals surface area contributed by atoms with Crippen LogP contribution in [-0.4, -0.2) is 17.5 Å². The van der Waals surface area contributed by atoms with Gasteiger partial charge in [-0.05, 0) is 35.9 Å². The van der Waals surface area contributed by atoms with Crippen LogP contribution >= 0.6 is 0 Å². The minimum absolute atomic E-state index is 0.0625.